The van der Waals surface area contributed by atoms with Crippen LogP contribution in [0.1, 0.15) is 6.92 Å². The van der Waals surface area contributed by atoms with Crippen LogP contribution in [0.15, 0.2) is 23.3 Å². The van der Waals surface area contributed by atoms with Crippen LogP contribution < -0.4 is 11.0 Å². The van der Waals surface area contributed by atoms with Crippen molar-refractivity contribution in [3.8, 4) is 0 Å². The maximum absolute atomic E-state index is 12.0. The van der Waals surface area contributed by atoms with Gasteiger partial charge in [0.05, 0.1) is 0 Å². The molecule has 1 atom stereocenters. The molecule has 1 N–H and O–H groups in total. The lowest BCUT2D eigenvalue weighted by molar-refractivity contribution is -0.133. The molecule has 0 unspecified atom stereocenters. The first-order valence-corrected chi connectivity index (χ1v) is 5.69. The monoisotopic (exact) mass is 236 g/mol. The van der Waals surface area contributed by atoms with Gasteiger partial charge in [-0.05, 0) is 13.0 Å². The molecule has 1 fully saturated rings. The highest BCUT2D eigenvalue weighted by Crippen LogP contribution is 2.00. The Morgan fingerprint density at radius 2 is 2.47 bits per heavy atom. The van der Waals surface area contributed by atoms with Crippen molar-refractivity contribution in [2.24, 2.45) is 0 Å². The third-order valence-corrected chi connectivity index (χ3v) is 2.81. The average molecular weight is 236 g/mol. The SMILES string of the molecule is C[C@@H]1CN(C(=O)Cn2cccnc2=O)CCN1. The van der Waals surface area contributed by atoms with Crippen molar-refractivity contribution in [3.05, 3.63) is 28.9 Å². The Morgan fingerprint density at radius 1 is 1.65 bits per heavy atom. The number of hydrogen-bond donors (Lipinski definition) is 1. The first kappa shape index (κ1) is 11.8. The van der Waals surface area contributed by atoms with Crippen LogP contribution in [0.5, 0.6) is 0 Å². The van der Waals surface area contributed by atoms with Crippen molar-refractivity contribution in [2.45, 2.75) is 19.5 Å². The van der Waals surface area contributed by atoms with E-state index in [2.05, 4.69) is 10.3 Å². The second-order valence-corrected chi connectivity index (χ2v) is 4.23. The minimum absolute atomic E-state index is 0.0338. The minimum Gasteiger partial charge on any atom is -0.338 e. The summed E-state index contributed by atoms with van der Waals surface area (Å²) in [5, 5.41) is 3.27. The number of piperazine rings is 1. The lowest BCUT2D eigenvalue weighted by atomic mass is 10.2. The number of amides is 1. The number of nitrogens with zero attached hydrogens (tertiary/aromatic N) is 3. The Labute approximate surface area is 99.3 Å². The van der Waals surface area contributed by atoms with Gasteiger partial charge in [-0.1, -0.05) is 0 Å². The smallest absolute Gasteiger partial charge is 0.338 e. The van der Waals surface area contributed by atoms with E-state index in [9.17, 15) is 9.59 Å². The highest BCUT2D eigenvalue weighted by atomic mass is 16.2. The van der Waals surface area contributed by atoms with Crippen LogP contribution in [0.25, 0.3) is 0 Å². The molecule has 0 radical (unpaired) electrons. The molecule has 1 aromatic heterocycles. The summed E-state index contributed by atoms with van der Waals surface area (Å²) < 4.78 is 1.33. The van der Waals surface area contributed by atoms with Crippen LogP contribution in [0, 0.1) is 0 Å². The fourth-order valence-corrected chi connectivity index (χ4v) is 1.91. The summed E-state index contributed by atoms with van der Waals surface area (Å²) in [7, 11) is 0. The lowest BCUT2D eigenvalue weighted by Gasteiger charge is -2.32. The van der Waals surface area contributed by atoms with E-state index in [0.717, 1.165) is 6.54 Å². The van der Waals surface area contributed by atoms with Crippen LogP contribution in [0.4, 0.5) is 0 Å². The Morgan fingerprint density at radius 3 is 3.18 bits per heavy atom. The molecule has 92 valence electrons. The molecule has 2 heterocycles. The number of rotatable bonds is 2. The highest BCUT2D eigenvalue weighted by molar-refractivity contribution is 5.76. The van der Waals surface area contributed by atoms with Gasteiger partial charge in [0.1, 0.15) is 6.54 Å². The summed E-state index contributed by atoms with van der Waals surface area (Å²) >= 11 is 0. The molecular weight excluding hydrogens is 220 g/mol. The third kappa shape index (κ3) is 2.91. The van der Waals surface area contributed by atoms with Gasteiger partial charge in [-0.2, -0.15) is 0 Å². The zero-order valence-corrected chi connectivity index (χ0v) is 9.80. The van der Waals surface area contributed by atoms with E-state index in [1.807, 2.05) is 6.92 Å². The normalized spacial score (nSPS) is 20.3. The quantitative estimate of drug-likeness (QED) is 0.720. The van der Waals surface area contributed by atoms with Crippen molar-refractivity contribution in [3.63, 3.8) is 0 Å². The number of nitrogens with one attached hydrogen (secondary N) is 1. The molecule has 1 aliphatic heterocycles. The van der Waals surface area contributed by atoms with Crippen molar-refractivity contribution in [2.75, 3.05) is 19.6 Å². The van der Waals surface area contributed by atoms with Crippen LogP contribution in [0.2, 0.25) is 0 Å². The maximum atomic E-state index is 12.0. The molecule has 0 aromatic carbocycles. The topological polar surface area (TPSA) is 67.2 Å². The van der Waals surface area contributed by atoms with Gasteiger partial charge in [0.2, 0.25) is 5.91 Å². The zero-order valence-electron chi connectivity index (χ0n) is 9.80. The molecule has 1 aromatic rings. The van der Waals surface area contributed by atoms with E-state index in [-0.39, 0.29) is 18.1 Å². The molecule has 0 spiro atoms. The standard InChI is InChI=1S/C11H16N4O2/c1-9-7-14(6-4-12-9)10(16)8-15-5-2-3-13-11(15)17/h2-3,5,9,12H,4,6-8H2,1H3/t9-/m1/s1. The van der Waals surface area contributed by atoms with Gasteiger partial charge >= 0.3 is 5.69 Å². The van der Waals surface area contributed by atoms with Crippen LogP contribution >= 0.6 is 0 Å². The number of carbonyl (C=O) groups is 1. The summed E-state index contributed by atoms with van der Waals surface area (Å²) in [5.74, 6) is -0.0338. The van der Waals surface area contributed by atoms with Crippen LogP contribution in [0.3, 0.4) is 0 Å². The van der Waals surface area contributed by atoms with Gasteiger partial charge < -0.3 is 10.2 Å². The van der Waals surface area contributed by atoms with Crippen LogP contribution in [-0.4, -0.2) is 46.0 Å². The van der Waals surface area contributed by atoms with Gasteiger partial charge in [-0.3, -0.25) is 9.36 Å². The van der Waals surface area contributed by atoms with E-state index < -0.39 is 0 Å². The van der Waals surface area contributed by atoms with Gasteiger partial charge in [0.25, 0.3) is 0 Å². The third-order valence-electron chi connectivity index (χ3n) is 2.81. The van der Waals surface area contributed by atoms with Crippen LogP contribution in [-0.2, 0) is 11.3 Å². The molecule has 6 nitrogen and oxygen atoms in total. The first-order valence-electron chi connectivity index (χ1n) is 5.69. The van der Waals surface area contributed by atoms with Crippen molar-refractivity contribution >= 4 is 5.91 Å². The Balaban J connectivity index is 2.02. The first-order chi connectivity index (χ1) is 8.16. The minimum atomic E-state index is -0.385. The largest absolute Gasteiger partial charge is 0.347 e. The molecule has 0 bridgehead atoms. The molecule has 2 rings (SSSR count). The zero-order chi connectivity index (χ0) is 12.3. The fraction of sp³-hybridized carbons (Fsp3) is 0.545. The van der Waals surface area contributed by atoms with Gasteiger partial charge in [-0.15, -0.1) is 0 Å². The molecule has 1 aliphatic rings. The second kappa shape index (κ2) is 5.09. The summed E-state index contributed by atoms with van der Waals surface area (Å²) in [5.41, 5.74) is -0.385. The molecular formula is C11H16N4O2. The van der Waals surface area contributed by atoms with Gasteiger partial charge in [-0.25, -0.2) is 9.78 Å². The Bertz CT molecular complexity index is 457. The summed E-state index contributed by atoms with van der Waals surface area (Å²) in [6.07, 6.45) is 3.01. The van der Waals surface area contributed by atoms with E-state index in [4.69, 9.17) is 0 Å². The van der Waals surface area contributed by atoms with E-state index in [1.165, 1.54) is 10.8 Å². The summed E-state index contributed by atoms with van der Waals surface area (Å²) in [6.45, 7) is 4.29. The summed E-state index contributed by atoms with van der Waals surface area (Å²) in [6, 6.07) is 1.95. The molecule has 1 saturated heterocycles. The van der Waals surface area contributed by atoms with E-state index >= 15 is 0 Å². The number of hydrogen-bond acceptors (Lipinski definition) is 4. The maximum Gasteiger partial charge on any atom is 0.347 e. The van der Waals surface area contributed by atoms with Crippen molar-refractivity contribution < 1.29 is 4.79 Å². The van der Waals surface area contributed by atoms with Gasteiger partial charge in [0, 0.05) is 38.1 Å². The summed E-state index contributed by atoms with van der Waals surface area (Å²) in [4.78, 5) is 28.7. The predicted octanol–water partition coefficient (Wildman–Crippen LogP) is -0.936. The predicted molar refractivity (Wildman–Crippen MR) is 62.5 cm³/mol. The number of aromatic nitrogens is 2. The Kier molecular flexibility index (Phi) is 3.53. The fourth-order valence-electron chi connectivity index (χ4n) is 1.91. The highest BCUT2D eigenvalue weighted by Gasteiger charge is 2.20. The molecule has 6 heteroatoms. The molecule has 0 aliphatic carbocycles. The molecule has 17 heavy (non-hydrogen) atoms. The van der Waals surface area contributed by atoms with Crippen molar-refractivity contribution in [1.29, 1.82) is 0 Å². The lowest BCUT2D eigenvalue weighted by Crippen LogP contribution is -2.52. The van der Waals surface area contributed by atoms with Crippen molar-refractivity contribution in [1.82, 2.24) is 19.8 Å². The Hall–Kier alpha value is -1.69. The second-order valence-electron chi connectivity index (χ2n) is 4.23. The number of carbonyl (C=O) groups excluding carboxylic acids is 1. The van der Waals surface area contributed by atoms with E-state index in [1.54, 1.807) is 17.2 Å². The average Bonchev–Trinajstić information content (AvgIpc) is 2.32. The molecule has 0 saturated carbocycles. The van der Waals surface area contributed by atoms with E-state index in [0.29, 0.717) is 19.1 Å². The molecule has 1 amide bonds. The van der Waals surface area contributed by atoms with Gasteiger partial charge in [0.15, 0.2) is 0 Å².